The van der Waals surface area contributed by atoms with E-state index in [2.05, 4.69) is 4.72 Å². The summed E-state index contributed by atoms with van der Waals surface area (Å²) in [5, 5.41) is 0. The van der Waals surface area contributed by atoms with Crippen molar-refractivity contribution in [2.45, 2.75) is 31.7 Å². The molecule has 1 heterocycles. The first-order valence-corrected chi connectivity index (χ1v) is 8.84. The van der Waals surface area contributed by atoms with Crippen LogP contribution < -0.4 is 14.2 Å². The molecule has 5 nitrogen and oxygen atoms in total. The topological polar surface area (TPSA) is 64.6 Å². The van der Waals surface area contributed by atoms with Crippen LogP contribution in [0.4, 0.5) is 0 Å². The molecular formula is C17H19NO4S. The van der Waals surface area contributed by atoms with E-state index in [9.17, 15) is 8.42 Å². The van der Waals surface area contributed by atoms with E-state index in [0.29, 0.717) is 11.5 Å². The van der Waals surface area contributed by atoms with Gasteiger partial charge in [-0.2, -0.15) is 0 Å². The van der Waals surface area contributed by atoms with Gasteiger partial charge in [-0.1, -0.05) is 12.1 Å². The molecule has 2 aromatic rings. The van der Waals surface area contributed by atoms with Crippen LogP contribution in [0.2, 0.25) is 0 Å². The van der Waals surface area contributed by atoms with Gasteiger partial charge in [0.15, 0.2) is 11.5 Å². The highest BCUT2D eigenvalue weighted by atomic mass is 32.2. The molecule has 0 fully saturated rings. The second-order valence-electron chi connectivity index (χ2n) is 5.70. The van der Waals surface area contributed by atoms with Gasteiger partial charge in [-0.05, 0) is 61.7 Å². The monoisotopic (exact) mass is 333 g/mol. The highest BCUT2D eigenvalue weighted by Crippen LogP contribution is 2.34. The number of fused-ring (bicyclic) bond motifs is 1. The van der Waals surface area contributed by atoms with Crippen LogP contribution in [-0.4, -0.2) is 15.2 Å². The van der Waals surface area contributed by atoms with Crippen molar-refractivity contribution in [3.63, 3.8) is 0 Å². The molecule has 1 aliphatic rings. The number of hydrogen-bond acceptors (Lipinski definition) is 4. The molecular weight excluding hydrogens is 314 g/mol. The lowest BCUT2D eigenvalue weighted by Crippen LogP contribution is -2.27. The molecule has 0 spiro atoms. The third-order valence-corrected chi connectivity index (χ3v) is 5.56. The van der Waals surface area contributed by atoms with Crippen molar-refractivity contribution < 1.29 is 17.9 Å². The molecule has 1 unspecified atom stereocenters. The zero-order chi connectivity index (χ0) is 16.6. The van der Waals surface area contributed by atoms with Crippen LogP contribution in [-0.2, 0) is 10.0 Å². The van der Waals surface area contributed by atoms with Gasteiger partial charge < -0.3 is 9.47 Å². The van der Waals surface area contributed by atoms with Crippen LogP contribution in [0.25, 0.3) is 0 Å². The first-order valence-electron chi connectivity index (χ1n) is 7.36. The van der Waals surface area contributed by atoms with E-state index in [1.54, 1.807) is 31.2 Å². The third kappa shape index (κ3) is 3.18. The van der Waals surface area contributed by atoms with Gasteiger partial charge in [-0.15, -0.1) is 0 Å². The van der Waals surface area contributed by atoms with Crippen LogP contribution in [0.3, 0.4) is 0 Å². The first kappa shape index (κ1) is 15.8. The first-order chi connectivity index (χ1) is 10.9. The standard InChI is InChI=1S/C17H19NO4S/c1-11-4-6-15(8-12(11)2)23(19,20)18-13(3)14-5-7-16-17(9-14)22-10-21-16/h4-9,13,18H,10H2,1-3H3. The number of ether oxygens (including phenoxy) is 2. The maximum atomic E-state index is 12.5. The SMILES string of the molecule is Cc1ccc(S(=O)(=O)NC(C)c2ccc3c(c2)OCO3)cc1C. The van der Waals surface area contributed by atoms with Gasteiger partial charge in [-0.25, -0.2) is 13.1 Å². The number of rotatable bonds is 4. The van der Waals surface area contributed by atoms with Crippen LogP contribution in [0.1, 0.15) is 29.7 Å². The summed E-state index contributed by atoms with van der Waals surface area (Å²) in [5.41, 5.74) is 2.83. The second kappa shape index (κ2) is 5.86. The summed E-state index contributed by atoms with van der Waals surface area (Å²) in [6, 6.07) is 10.2. The number of sulfonamides is 1. The molecule has 0 radical (unpaired) electrons. The number of aryl methyl sites for hydroxylation is 2. The van der Waals surface area contributed by atoms with Crippen LogP contribution >= 0.6 is 0 Å². The van der Waals surface area contributed by atoms with Crippen LogP contribution in [0.5, 0.6) is 11.5 Å². The quantitative estimate of drug-likeness (QED) is 0.934. The van der Waals surface area contributed by atoms with E-state index in [4.69, 9.17) is 9.47 Å². The third-order valence-electron chi connectivity index (χ3n) is 4.02. The smallest absolute Gasteiger partial charge is 0.241 e. The highest BCUT2D eigenvalue weighted by molar-refractivity contribution is 7.89. The fourth-order valence-corrected chi connectivity index (χ4v) is 3.75. The summed E-state index contributed by atoms with van der Waals surface area (Å²) in [7, 11) is -3.58. The maximum absolute atomic E-state index is 12.5. The van der Waals surface area contributed by atoms with Gasteiger partial charge in [0, 0.05) is 6.04 Å². The zero-order valence-electron chi connectivity index (χ0n) is 13.3. The van der Waals surface area contributed by atoms with Crippen molar-refractivity contribution in [3.8, 4) is 11.5 Å². The van der Waals surface area contributed by atoms with E-state index in [1.165, 1.54) is 0 Å². The minimum Gasteiger partial charge on any atom is -0.454 e. The predicted octanol–water partition coefficient (Wildman–Crippen LogP) is 3.07. The average Bonchev–Trinajstić information content (AvgIpc) is 2.96. The van der Waals surface area contributed by atoms with E-state index in [1.807, 2.05) is 26.0 Å². The van der Waals surface area contributed by atoms with Gasteiger partial charge in [-0.3, -0.25) is 0 Å². The van der Waals surface area contributed by atoms with Gasteiger partial charge in [0.25, 0.3) is 0 Å². The van der Waals surface area contributed by atoms with Gasteiger partial charge in [0.05, 0.1) is 4.90 Å². The minimum absolute atomic E-state index is 0.196. The molecule has 2 aromatic carbocycles. The highest BCUT2D eigenvalue weighted by Gasteiger charge is 2.21. The Morgan fingerprint density at radius 1 is 1.00 bits per heavy atom. The van der Waals surface area contributed by atoms with Gasteiger partial charge in [0.2, 0.25) is 16.8 Å². The normalized spacial score (nSPS) is 14.7. The van der Waals surface area contributed by atoms with Crippen molar-refractivity contribution in [3.05, 3.63) is 53.1 Å². The van der Waals surface area contributed by atoms with Gasteiger partial charge >= 0.3 is 0 Å². The molecule has 3 rings (SSSR count). The number of benzene rings is 2. The van der Waals surface area contributed by atoms with Gasteiger partial charge in [0.1, 0.15) is 0 Å². The molecule has 1 N–H and O–H groups in total. The summed E-state index contributed by atoms with van der Waals surface area (Å²) in [6.07, 6.45) is 0. The molecule has 0 amide bonds. The van der Waals surface area contributed by atoms with E-state index in [0.717, 1.165) is 16.7 Å². The maximum Gasteiger partial charge on any atom is 0.241 e. The molecule has 0 aliphatic carbocycles. The lowest BCUT2D eigenvalue weighted by Gasteiger charge is -2.16. The Kier molecular flexibility index (Phi) is 4.04. The molecule has 1 aliphatic heterocycles. The summed E-state index contributed by atoms with van der Waals surface area (Å²) < 4.78 is 38.4. The minimum atomic E-state index is -3.58. The van der Waals surface area contributed by atoms with Crippen molar-refractivity contribution in [2.75, 3.05) is 6.79 Å². The molecule has 0 saturated carbocycles. The lowest BCUT2D eigenvalue weighted by atomic mass is 10.1. The fraction of sp³-hybridized carbons (Fsp3) is 0.294. The Morgan fingerprint density at radius 2 is 1.74 bits per heavy atom. The van der Waals surface area contributed by atoms with Crippen molar-refractivity contribution >= 4 is 10.0 Å². The second-order valence-corrected chi connectivity index (χ2v) is 7.42. The predicted molar refractivity (Wildman–Crippen MR) is 87.2 cm³/mol. The Morgan fingerprint density at radius 3 is 2.48 bits per heavy atom. The molecule has 0 saturated heterocycles. The summed E-state index contributed by atoms with van der Waals surface area (Å²) in [4.78, 5) is 0.271. The largest absolute Gasteiger partial charge is 0.454 e. The van der Waals surface area contributed by atoms with E-state index >= 15 is 0 Å². The molecule has 23 heavy (non-hydrogen) atoms. The Balaban J connectivity index is 1.83. The molecule has 0 bridgehead atoms. The summed E-state index contributed by atoms with van der Waals surface area (Å²) in [6.45, 7) is 5.85. The molecule has 122 valence electrons. The van der Waals surface area contributed by atoms with Crippen molar-refractivity contribution in [1.29, 1.82) is 0 Å². The van der Waals surface area contributed by atoms with Crippen LogP contribution in [0.15, 0.2) is 41.3 Å². The summed E-state index contributed by atoms with van der Waals surface area (Å²) in [5.74, 6) is 1.32. The zero-order valence-corrected chi connectivity index (χ0v) is 14.1. The Hall–Kier alpha value is -2.05. The van der Waals surface area contributed by atoms with Crippen molar-refractivity contribution in [1.82, 2.24) is 4.72 Å². The van der Waals surface area contributed by atoms with Crippen molar-refractivity contribution in [2.24, 2.45) is 0 Å². The average molecular weight is 333 g/mol. The molecule has 0 aromatic heterocycles. The lowest BCUT2D eigenvalue weighted by molar-refractivity contribution is 0.174. The number of nitrogens with one attached hydrogen (secondary N) is 1. The Labute approximate surface area is 136 Å². The Bertz CT molecular complexity index is 846. The van der Waals surface area contributed by atoms with E-state index in [-0.39, 0.29) is 17.7 Å². The molecule has 1 atom stereocenters. The summed E-state index contributed by atoms with van der Waals surface area (Å²) >= 11 is 0. The molecule has 6 heteroatoms. The van der Waals surface area contributed by atoms with E-state index < -0.39 is 10.0 Å². The fourth-order valence-electron chi connectivity index (χ4n) is 2.43. The van der Waals surface area contributed by atoms with Crippen LogP contribution in [0, 0.1) is 13.8 Å². The number of hydrogen-bond donors (Lipinski definition) is 1.